The summed E-state index contributed by atoms with van der Waals surface area (Å²) in [6, 6.07) is 5.57. The second-order valence-corrected chi connectivity index (χ2v) is 8.29. The molecule has 0 fully saturated rings. The molecule has 0 aliphatic carbocycles. The Hall–Kier alpha value is -1.11. The average Bonchev–Trinajstić information content (AvgIpc) is 2.81. The van der Waals surface area contributed by atoms with Crippen LogP contribution in [-0.2, 0) is 21.1 Å². The first-order chi connectivity index (χ1) is 10.9. The second-order valence-electron chi connectivity index (χ2n) is 5.59. The SMILES string of the molecule is CCOC(CC)c1nc2cc(Cl)ccc2n1CCCS(C)(=O)=O. The molecule has 0 amide bonds. The van der Waals surface area contributed by atoms with Gasteiger partial charge in [0.05, 0.1) is 16.8 Å². The second kappa shape index (κ2) is 7.64. The Morgan fingerprint density at radius 3 is 2.70 bits per heavy atom. The van der Waals surface area contributed by atoms with E-state index in [0.29, 0.717) is 24.6 Å². The van der Waals surface area contributed by atoms with Gasteiger partial charge in [-0.2, -0.15) is 0 Å². The number of benzene rings is 1. The normalized spacial score (nSPS) is 13.6. The number of aromatic nitrogens is 2. The summed E-state index contributed by atoms with van der Waals surface area (Å²) < 4.78 is 30.6. The monoisotopic (exact) mass is 358 g/mol. The summed E-state index contributed by atoms with van der Waals surface area (Å²) in [6.45, 7) is 5.19. The highest BCUT2D eigenvalue weighted by Crippen LogP contribution is 2.27. The van der Waals surface area contributed by atoms with E-state index in [0.717, 1.165) is 23.3 Å². The van der Waals surface area contributed by atoms with Crippen LogP contribution >= 0.6 is 11.6 Å². The van der Waals surface area contributed by atoms with Gasteiger partial charge in [-0.25, -0.2) is 13.4 Å². The van der Waals surface area contributed by atoms with Crippen LogP contribution < -0.4 is 0 Å². The molecular formula is C16H23ClN2O3S. The Bertz CT molecular complexity index is 771. The smallest absolute Gasteiger partial charge is 0.147 e. The minimum atomic E-state index is -2.97. The maximum absolute atomic E-state index is 11.4. The maximum atomic E-state index is 11.4. The Labute approximate surface area is 142 Å². The number of sulfone groups is 1. The van der Waals surface area contributed by atoms with Gasteiger partial charge >= 0.3 is 0 Å². The summed E-state index contributed by atoms with van der Waals surface area (Å²) in [5, 5.41) is 0.634. The number of hydrogen-bond donors (Lipinski definition) is 0. The van der Waals surface area contributed by atoms with Crippen LogP contribution in [0.3, 0.4) is 0 Å². The summed E-state index contributed by atoms with van der Waals surface area (Å²) in [7, 11) is -2.97. The first kappa shape index (κ1) is 18.2. The summed E-state index contributed by atoms with van der Waals surface area (Å²) >= 11 is 6.06. The van der Waals surface area contributed by atoms with E-state index in [1.54, 1.807) is 0 Å². The van der Waals surface area contributed by atoms with Gasteiger partial charge in [-0.3, -0.25) is 0 Å². The predicted octanol–water partition coefficient (Wildman–Crippen LogP) is 3.61. The number of rotatable bonds is 8. The molecule has 1 unspecified atom stereocenters. The average molecular weight is 359 g/mol. The van der Waals surface area contributed by atoms with E-state index in [4.69, 9.17) is 16.3 Å². The van der Waals surface area contributed by atoms with Gasteiger partial charge in [0.25, 0.3) is 0 Å². The van der Waals surface area contributed by atoms with E-state index < -0.39 is 9.84 Å². The summed E-state index contributed by atoms with van der Waals surface area (Å²) in [6.07, 6.45) is 2.50. The van der Waals surface area contributed by atoms with Crippen LogP contribution in [0.2, 0.25) is 5.02 Å². The van der Waals surface area contributed by atoms with Crippen molar-refractivity contribution in [1.82, 2.24) is 9.55 Å². The molecular weight excluding hydrogens is 336 g/mol. The van der Waals surface area contributed by atoms with Gasteiger partial charge < -0.3 is 9.30 Å². The molecule has 0 N–H and O–H groups in total. The molecule has 5 nitrogen and oxygen atoms in total. The van der Waals surface area contributed by atoms with Crippen molar-refractivity contribution in [1.29, 1.82) is 0 Å². The van der Waals surface area contributed by atoms with Crippen molar-refractivity contribution in [2.24, 2.45) is 0 Å². The van der Waals surface area contributed by atoms with Crippen LogP contribution in [0.25, 0.3) is 11.0 Å². The number of hydrogen-bond acceptors (Lipinski definition) is 4. The van der Waals surface area contributed by atoms with Crippen molar-refractivity contribution >= 4 is 32.5 Å². The molecule has 0 radical (unpaired) electrons. The molecule has 1 atom stereocenters. The van der Waals surface area contributed by atoms with E-state index in [1.807, 2.05) is 32.0 Å². The lowest BCUT2D eigenvalue weighted by atomic mass is 10.2. The molecule has 7 heteroatoms. The Kier molecular flexibility index (Phi) is 6.06. The van der Waals surface area contributed by atoms with Gasteiger partial charge in [-0.1, -0.05) is 18.5 Å². The number of aryl methyl sites for hydroxylation is 1. The first-order valence-corrected chi connectivity index (χ1v) is 10.2. The van der Waals surface area contributed by atoms with E-state index in [-0.39, 0.29) is 11.9 Å². The minimum absolute atomic E-state index is 0.107. The largest absolute Gasteiger partial charge is 0.371 e. The zero-order chi connectivity index (χ0) is 17.0. The summed E-state index contributed by atoms with van der Waals surface area (Å²) in [4.78, 5) is 4.68. The lowest BCUT2D eigenvalue weighted by Gasteiger charge is -2.17. The molecule has 1 heterocycles. The molecule has 0 aliphatic rings. The highest BCUT2D eigenvalue weighted by atomic mass is 35.5. The van der Waals surface area contributed by atoms with Gasteiger partial charge in [0.1, 0.15) is 21.8 Å². The number of fused-ring (bicyclic) bond motifs is 1. The Morgan fingerprint density at radius 1 is 1.35 bits per heavy atom. The molecule has 0 saturated carbocycles. The van der Waals surface area contributed by atoms with Crippen molar-refractivity contribution in [3.63, 3.8) is 0 Å². The molecule has 128 valence electrons. The van der Waals surface area contributed by atoms with Crippen LogP contribution in [0.4, 0.5) is 0 Å². The Morgan fingerprint density at radius 2 is 2.09 bits per heavy atom. The zero-order valence-corrected chi connectivity index (χ0v) is 15.3. The van der Waals surface area contributed by atoms with Gasteiger partial charge in [0.15, 0.2) is 0 Å². The quantitative estimate of drug-likeness (QED) is 0.723. The lowest BCUT2D eigenvalue weighted by molar-refractivity contribution is 0.0512. The third-order valence-electron chi connectivity index (χ3n) is 3.66. The molecule has 0 spiro atoms. The number of imidazole rings is 1. The van der Waals surface area contributed by atoms with Crippen LogP contribution in [0.5, 0.6) is 0 Å². The molecule has 1 aromatic carbocycles. The van der Waals surface area contributed by atoms with Crippen molar-refractivity contribution in [2.75, 3.05) is 18.6 Å². The van der Waals surface area contributed by atoms with Gasteiger partial charge in [0.2, 0.25) is 0 Å². The van der Waals surface area contributed by atoms with Gasteiger partial charge in [-0.05, 0) is 38.0 Å². The summed E-state index contributed by atoms with van der Waals surface area (Å²) in [5.74, 6) is 0.991. The van der Waals surface area contributed by atoms with Gasteiger partial charge in [-0.15, -0.1) is 0 Å². The van der Waals surface area contributed by atoms with Crippen molar-refractivity contribution in [3.8, 4) is 0 Å². The van der Waals surface area contributed by atoms with Crippen molar-refractivity contribution in [3.05, 3.63) is 29.0 Å². The van der Waals surface area contributed by atoms with E-state index in [1.165, 1.54) is 6.26 Å². The third-order valence-corrected chi connectivity index (χ3v) is 4.93. The number of halogens is 1. The molecule has 0 saturated heterocycles. The van der Waals surface area contributed by atoms with Crippen molar-refractivity contribution in [2.45, 2.75) is 39.3 Å². The standard InChI is InChI=1S/C16H23ClN2O3S/c1-4-15(22-5-2)16-18-13-11-12(17)7-8-14(13)19(16)9-6-10-23(3,20)21/h7-8,11,15H,4-6,9-10H2,1-3H3. The van der Waals surface area contributed by atoms with E-state index in [2.05, 4.69) is 9.55 Å². The summed E-state index contributed by atoms with van der Waals surface area (Å²) in [5.41, 5.74) is 1.76. The topological polar surface area (TPSA) is 61.2 Å². The first-order valence-electron chi connectivity index (χ1n) is 7.80. The fraction of sp³-hybridized carbons (Fsp3) is 0.562. The lowest BCUT2D eigenvalue weighted by Crippen LogP contribution is -2.14. The Balaban J connectivity index is 2.40. The predicted molar refractivity (Wildman–Crippen MR) is 93.7 cm³/mol. The van der Waals surface area contributed by atoms with Crippen LogP contribution in [0, 0.1) is 0 Å². The van der Waals surface area contributed by atoms with Gasteiger partial charge in [0, 0.05) is 24.4 Å². The maximum Gasteiger partial charge on any atom is 0.147 e. The fourth-order valence-electron chi connectivity index (χ4n) is 2.66. The molecule has 23 heavy (non-hydrogen) atoms. The molecule has 0 bridgehead atoms. The van der Waals surface area contributed by atoms with Crippen LogP contribution in [-0.4, -0.2) is 36.6 Å². The molecule has 2 aromatic rings. The van der Waals surface area contributed by atoms with Crippen molar-refractivity contribution < 1.29 is 13.2 Å². The molecule has 1 aromatic heterocycles. The van der Waals surface area contributed by atoms with E-state index >= 15 is 0 Å². The fourth-order valence-corrected chi connectivity index (χ4v) is 3.48. The highest BCUT2D eigenvalue weighted by molar-refractivity contribution is 7.90. The van der Waals surface area contributed by atoms with Crippen LogP contribution in [0.1, 0.15) is 38.6 Å². The third kappa shape index (κ3) is 4.68. The molecule has 2 rings (SSSR count). The number of ether oxygens (including phenoxy) is 1. The van der Waals surface area contributed by atoms with E-state index in [9.17, 15) is 8.42 Å². The minimum Gasteiger partial charge on any atom is -0.371 e. The number of nitrogens with zero attached hydrogens (tertiary/aromatic N) is 2. The highest BCUT2D eigenvalue weighted by Gasteiger charge is 2.19. The molecule has 0 aliphatic heterocycles. The zero-order valence-electron chi connectivity index (χ0n) is 13.8. The van der Waals surface area contributed by atoms with Crippen LogP contribution in [0.15, 0.2) is 18.2 Å².